The number of Topliss-reactive ketones (excluding diaryl/α,β-unsaturated/α-hetero) is 1. The highest BCUT2D eigenvalue weighted by Crippen LogP contribution is 2.31. The number of hydrogen-bond donors (Lipinski definition) is 2. The lowest BCUT2D eigenvalue weighted by Crippen LogP contribution is -2.27. The third-order valence-corrected chi connectivity index (χ3v) is 4.04. The van der Waals surface area contributed by atoms with Gasteiger partial charge in [0.05, 0.1) is 11.4 Å². The van der Waals surface area contributed by atoms with E-state index in [2.05, 4.69) is 18.8 Å². The van der Waals surface area contributed by atoms with Crippen LogP contribution in [0.4, 0.5) is 11.4 Å². The van der Waals surface area contributed by atoms with Crippen molar-refractivity contribution >= 4 is 17.2 Å². The fraction of sp³-hybridized carbons (Fsp3) is 0.526. The van der Waals surface area contributed by atoms with Crippen LogP contribution in [0.1, 0.15) is 58.1 Å². The van der Waals surface area contributed by atoms with Gasteiger partial charge in [-0.05, 0) is 63.8 Å². The average Bonchev–Trinajstić information content (AvgIpc) is 3.25. The third-order valence-electron chi connectivity index (χ3n) is 4.04. The Morgan fingerprint density at radius 3 is 2.27 bits per heavy atom. The summed E-state index contributed by atoms with van der Waals surface area (Å²) in [4.78, 5) is 11.5. The van der Waals surface area contributed by atoms with E-state index in [1.807, 2.05) is 26.8 Å². The Morgan fingerprint density at radius 1 is 1.27 bits per heavy atom. The molecule has 1 aromatic rings. The first-order chi connectivity index (χ1) is 10.2. The number of benzene rings is 1. The summed E-state index contributed by atoms with van der Waals surface area (Å²) in [5.41, 5.74) is 14.0. The molecular formula is C19H28N2O. The fourth-order valence-electron chi connectivity index (χ4n) is 2.08. The minimum Gasteiger partial charge on any atom is -0.397 e. The van der Waals surface area contributed by atoms with Crippen molar-refractivity contribution in [1.29, 1.82) is 0 Å². The number of hydrogen-bond acceptors (Lipinski definition) is 3. The molecule has 0 heterocycles. The van der Waals surface area contributed by atoms with E-state index in [1.165, 1.54) is 12.8 Å². The van der Waals surface area contributed by atoms with Crippen LogP contribution >= 0.6 is 0 Å². The molecule has 1 aliphatic carbocycles. The maximum atomic E-state index is 11.5. The van der Waals surface area contributed by atoms with Gasteiger partial charge >= 0.3 is 0 Å². The van der Waals surface area contributed by atoms with Crippen LogP contribution in [0.25, 0.3) is 0 Å². The third kappa shape index (κ3) is 4.80. The molecule has 0 saturated heterocycles. The summed E-state index contributed by atoms with van der Waals surface area (Å²) in [6.07, 6.45) is 3.73. The summed E-state index contributed by atoms with van der Waals surface area (Å²) in [6.45, 7) is 9.41. The van der Waals surface area contributed by atoms with Gasteiger partial charge in [-0.1, -0.05) is 12.8 Å². The van der Waals surface area contributed by atoms with Crippen LogP contribution in [0.5, 0.6) is 0 Å². The monoisotopic (exact) mass is 300 g/mol. The minimum absolute atomic E-state index is 0.120. The smallest absolute Gasteiger partial charge is 0.139 e. The minimum atomic E-state index is -0.508. The van der Waals surface area contributed by atoms with Crippen molar-refractivity contribution in [3.63, 3.8) is 0 Å². The average molecular weight is 300 g/mol. The second-order valence-corrected chi connectivity index (χ2v) is 6.43. The van der Waals surface area contributed by atoms with Gasteiger partial charge in [0.15, 0.2) is 0 Å². The molecule has 2 rings (SSSR count). The molecule has 120 valence electrons. The molecule has 0 aromatic heterocycles. The van der Waals surface area contributed by atoms with Gasteiger partial charge in [0, 0.05) is 17.8 Å². The zero-order valence-corrected chi connectivity index (χ0v) is 14.4. The van der Waals surface area contributed by atoms with Crippen molar-refractivity contribution in [1.82, 2.24) is 0 Å². The van der Waals surface area contributed by atoms with Crippen molar-refractivity contribution < 1.29 is 4.79 Å². The highest BCUT2D eigenvalue weighted by Gasteiger charge is 2.28. The van der Waals surface area contributed by atoms with Crippen molar-refractivity contribution in [2.75, 3.05) is 11.5 Å². The molecule has 0 radical (unpaired) electrons. The number of carbonyl (C=O) groups excluding carboxylic acids is 1. The molecule has 1 saturated carbocycles. The lowest BCUT2D eigenvalue weighted by atomic mass is 9.78. The molecule has 4 N–H and O–H groups in total. The zero-order chi connectivity index (χ0) is 16.9. The topological polar surface area (TPSA) is 69.1 Å². The predicted octanol–water partition coefficient (Wildman–Crippen LogP) is 3.84. The Kier molecular flexibility index (Phi) is 6.05. The molecule has 0 amide bonds. The summed E-state index contributed by atoms with van der Waals surface area (Å²) < 4.78 is 0. The number of ketones is 1. The molecule has 0 spiro atoms. The van der Waals surface area contributed by atoms with Crippen molar-refractivity contribution in [2.45, 2.75) is 59.3 Å². The molecule has 1 fully saturated rings. The van der Waals surface area contributed by atoms with Gasteiger partial charge in [-0.2, -0.15) is 0 Å². The number of nitrogens with two attached hydrogens (primary N) is 2. The first-order valence-electron chi connectivity index (χ1n) is 7.85. The first kappa shape index (κ1) is 18.1. The molecule has 1 aliphatic rings. The van der Waals surface area contributed by atoms with Crippen LogP contribution in [-0.4, -0.2) is 5.78 Å². The van der Waals surface area contributed by atoms with Crippen LogP contribution in [0.2, 0.25) is 0 Å². The molecule has 1 aromatic carbocycles. The van der Waals surface area contributed by atoms with Gasteiger partial charge < -0.3 is 11.5 Å². The van der Waals surface area contributed by atoms with Crippen molar-refractivity contribution in [3.8, 4) is 11.8 Å². The van der Waals surface area contributed by atoms with Crippen LogP contribution < -0.4 is 11.5 Å². The van der Waals surface area contributed by atoms with Gasteiger partial charge in [0.25, 0.3) is 0 Å². The Hall–Kier alpha value is -1.95. The summed E-state index contributed by atoms with van der Waals surface area (Å²) in [5.74, 6) is 7.13. The maximum Gasteiger partial charge on any atom is 0.139 e. The quantitative estimate of drug-likeness (QED) is 0.644. The molecule has 0 unspecified atom stereocenters. The number of carbonyl (C=O) groups is 1. The SMILES string of the molecule is CC(=O)C(C)(C)c1cc(N)c(N)cc1C.CCC#CC1CC1. The first-order valence-corrected chi connectivity index (χ1v) is 7.85. The molecular weight excluding hydrogens is 272 g/mol. The summed E-state index contributed by atoms with van der Waals surface area (Å²) in [7, 11) is 0. The second-order valence-electron chi connectivity index (χ2n) is 6.43. The van der Waals surface area contributed by atoms with Gasteiger partial charge in [0.2, 0.25) is 0 Å². The molecule has 0 bridgehead atoms. The largest absolute Gasteiger partial charge is 0.397 e. The Morgan fingerprint density at radius 2 is 1.82 bits per heavy atom. The van der Waals surface area contributed by atoms with E-state index in [1.54, 1.807) is 13.0 Å². The van der Waals surface area contributed by atoms with E-state index in [9.17, 15) is 4.79 Å². The van der Waals surface area contributed by atoms with Gasteiger partial charge in [-0.25, -0.2) is 0 Å². The number of aryl methyl sites for hydroxylation is 1. The van der Waals surface area contributed by atoms with E-state index in [0.29, 0.717) is 11.4 Å². The zero-order valence-electron chi connectivity index (χ0n) is 14.4. The Bertz CT molecular complexity index is 602. The standard InChI is InChI=1S/C12H18N2O.C7H10/c1-7-5-10(13)11(14)6-9(7)12(3,4)8(2)15;1-2-3-4-7-5-6-7/h5-6H,13-14H2,1-4H3;7H,2,5-6H2,1H3. The molecule has 3 heteroatoms. The highest BCUT2D eigenvalue weighted by molar-refractivity contribution is 5.88. The highest BCUT2D eigenvalue weighted by atomic mass is 16.1. The Balaban J connectivity index is 0.000000287. The molecule has 22 heavy (non-hydrogen) atoms. The maximum absolute atomic E-state index is 11.5. The van der Waals surface area contributed by atoms with E-state index in [4.69, 9.17) is 11.5 Å². The number of anilines is 2. The van der Waals surface area contributed by atoms with Crippen LogP contribution in [-0.2, 0) is 10.2 Å². The van der Waals surface area contributed by atoms with E-state index < -0.39 is 5.41 Å². The van der Waals surface area contributed by atoms with Gasteiger partial charge in [-0.3, -0.25) is 4.79 Å². The lowest BCUT2D eigenvalue weighted by molar-refractivity contribution is -0.121. The van der Waals surface area contributed by atoms with Crippen LogP contribution in [0, 0.1) is 24.7 Å². The van der Waals surface area contributed by atoms with E-state index in [-0.39, 0.29) is 5.78 Å². The van der Waals surface area contributed by atoms with Crippen LogP contribution in [0.3, 0.4) is 0 Å². The second kappa shape index (κ2) is 7.35. The van der Waals surface area contributed by atoms with E-state index >= 15 is 0 Å². The summed E-state index contributed by atoms with van der Waals surface area (Å²) >= 11 is 0. The molecule has 0 aliphatic heterocycles. The summed E-state index contributed by atoms with van der Waals surface area (Å²) in [5, 5.41) is 0. The van der Waals surface area contributed by atoms with Gasteiger partial charge in [0.1, 0.15) is 5.78 Å². The Labute approximate surface area is 134 Å². The fourth-order valence-corrected chi connectivity index (χ4v) is 2.08. The molecule has 0 atom stereocenters. The normalized spacial score (nSPS) is 13.5. The number of rotatable bonds is 2. The molecule has 3 nitrogen and oxygen atoms in total. The lowest BCUT2D eigenvalue weighted by Gasteiger charge is -2.24. The van der Waals surface area contributed by atoms with Crippen molar-refractivity contribution in [2.24, 2.45) is 5.92 Å². The summed E-state index contributed by atoms with van der Waals surface area (Å²) in [6, 6.07) is 3.61. The van der Waals surface area contributed by atoms with Gasteiger partial charge in [-0.15, -0.1) is 5.92 Å². The van der Waals surface area contributed by atoms with Crippen LogP contribution in [0.15, 0.2) is 12.1 Å². The number of nitrogen functional groups attached to an aromatic ring is 2. The predicted molar refractivity (Wildman–Crippen MR) is 94.5 cm³/mol. The van der Waals surface area contributed by atoms with E-state index in [0.717, 1.165) is 23.5 Å². The van der Waals surface area contributed by atoms with Crippen molar-refractivity contribution in [3.05, 3.63) is 23.3 Å².